The fourth-order valence-corrected chi connectivity index (χ4v) is 4.49. The Morgan fingerprint density at radius 2 is 1.56 bits per heavy atom. The summed E-state index contributed by atoms with van der Waals surface area (Å²) in [5.41, 5.74) is 1.02. The van der Waals surface area contributed by atoms with Gasteiger partial charge in [0.25, 0.3) is 15.9 Å². The molecule has 1 aliphatic rings. The number of carbonyl (C=O) groups is 1. The molecule has 0 aromatic heterocycles. The van der Waals surface area contributed by atoms with E-state index in [2.05, 4.69) is 0 Å². The number of sulfonamides is 1. The van der Waals surface area contributed by atoms with Gasteiger partial charge in [-0.1, -0.05) is 18.2 Å². The van der Waals surface area contributed by atoms with Gasteiger partial charge in [-0.05, 0) is 23.8 Å². The van der Waals surface area contributed by atoms with Gasteiger partial charge in [0.05, 0.1) is 27.9 Å². The third kappa shape index (κ3) is 2.58. The fraction of sp³-hybridized carbons (Fsp3) is 0.235. The highest BCUT2D eigenvalue weighted by Gasteiger charge is 2.40. The molecule has 0 saturated carbocycles. The average molecular weight is 363 g/mol. The Hall–Kier alpha value is -2.74. The standard InChI is InChI=1S/C17H17NO6S/c1-22-13-8-9-14(23-2)16(15(13)24-3)25(20,21)18-10-11-6-4-5-7-12(11)17(18)19/h4-9H,10H2,1-3H3. The van der Waals surface area contributed by atoms with Crippen LogP contribution >= 0.6 is 0 Å². The lowest BCUT2D eigenvalue weighted by Crippen LogP contribution is -2.32. The molecule has 2 aromatic carbocycles. The molecule has 1 aliphatic heterocycles. The number of ether oxygens (including phenoxy) is 3. The quantitative estimate of drug-likeness (QED) is 0.809. The monoisotopic (exact) mass is 363 g/mol. The normalized spacial score (nSPS) is 13.6. The van der Waals surface area contributed by atoms with Crippen LogP contribution in [-0.4, -0.2) is 40.0 Å². The van der Waals surface area contributed by atoms with Crippen LogP contribution in [0.15, 0.2) is 41.3 Å². The summed E-state index contributed by atoms with van der Waals surface area (Å²) < 4.78 is 42.9. The maximum atomic E-state index is 13.2. The lowest BCUT2D eigenvalue weighted by Gasteiger charge is -2.21. The van der Waals surface area contributed by atoms with Crippen LogP contribution in [0.25, 0.3) is 0 Å². The summed E-state index contributed by atoms with van der Waals surface area (Å²) in [5, 5.41) is 0. The van der Waals surface area contributed by atoms with Crippen molar-refractivity contribution in [1.82, 2.24) is 4.31 Å². The van der Waals surface area contributed by atoms with Gasteiger partial charge in [-0.25, -0.2) is 12.7 Å². The van der Waals surface area contributed by atoms with E-state index in [4.69, 9.17) is 14.2 Å². The lowest BCUT2D eigenvalue weighted by molar-refractivity contribution is 0.0879. The van der Waals surface area contributed by atoms with Crippen LogP contribution in [0, 0.1) is 0 Å². The first kappa shape index (κ1) is 17.1. The maximum absolute atomic E-state index is 13.2. The third-order valence-electron chi connectivity index (χ3n) is 4.02. The van der Waals surface area contributed by atoms with E-state index in [-0.39, 0.29) is 28.7 Å². The Bertz CT molecular complexity index is 938. The Balaban J connectivity index is 2.18. The van der Waals surface area contributed by atoms with Gasteiger partial charge in [0.1, 0.15) is 5.75 Å². The number of rotatable bonds is 5. The van der Waals surface area contributed by atoms with Crippen LogP contribution in [0.4, 0.5) is 0 Å². The highest BCUT2D eigenvalue weighted by molar-refractivity contribution is 7.90. The van der Waals surface area contributed by atoms with E-state index in [0.717, 1.165) is 4.31 Å². The third-order valence-corrected chi connectivity index (χ3v) is 5.80. The molecule has 8 heteroatoms. The van der Waals surface area contributed by atoms with Gasteiger partial charge >= 0.3 is 0 Å². The molecule has 0 fully saturated rings. The van der Waals surface area contributed by atoms with Crippen molar-refractivity contribution in [2.45, 2.75) is 11.4 Å². The largest absolute Gasteiger partial charge is 0.495 e. The number of fused-ring (bicyclic) bond motifs is 1. The second kappa shape index (κ2) is 6.29. The summed E-state index contributed by atoms with van der Waals surface area (Å²) >= 11 is 0. The minimum atomic E-state index is -4.22. The molecule has 0 aliphatic carbocycles. The molecule has 1 heterocycles. The van der Waals surface area contributed by atoms with Crippen molar-refractivity contribution in [3.8, 4) is 17.2 Å². The minimum absolute atomic E-state index is 0.00870. The Morgan fingerprint density at radius 3 is 2.16 bits per heavy atom. The van der Waals surface area contributed by atoms with E-state index in [1.165, 1.54) is 33.5 Å². The summed E-state index contributed by atoms with van der Waals surface area (Å²) in [6.07, 6.45) is 0. The molecule has 25 heavy (non-hydrogen) atoms. The summed E-state index contributed by atoms with van der Waals surface area (Å²) in [6.45, 7) is -0.0408. The SMILES string of the molecule is COc1ccc(OC)c(S(=O)(=O)N2Cc3ccccc3C2=O)c1OC. The predicted molar refractivity (Wildman–Crippen MR) is 89.6 cm³/mol. The van der Waals surface area contributed by atoms with Gasteiger partial charge in [0.15, 0.2) is 16.4 Å². The molecule has 132 valence electrons. The van der Waals surface area contributed by atoms with Gasteiger partial charge in [-0.15, -0.1) is 0 Å². The summed E-state index contributed by atoms with van der Waals surface area (Å²) in [5.74, 6) is -0.291. The second-order valence-electron chi connectivity index (χ2n) is 5.31. The topological polar surface area (TPSA) is 82.1 Å². The molecule has 2 aromatic rings. The number of hydrogen-bond donors (Lipinski definition) is 0. The van der Waals surface area contributed by atoms with Gasteiger partial charge in [-0.2, -0.15) is 0 Å². The number of hydrogen-bond acceptors (Lipinski definition) is 6. The minimum Gasteiger partial charge on any atom is -0.495 e. The molecule has 1 amide bonds. The molecule has 7 nitrogen and oxygen atoms in total. The zero-order valence-electron chi connectivity index (χ0n) is 14.0. The van der Waals surface area contributed by atoms with Gasteiger partial charge in [0.2, 0.25) is 0 Å². The molecule has 0 spiro atoms. The van der Waals surface area contributed by atoms with Crippen LogP contribution in [0.1, 0.15) is 15.9 Å². The Labute approximate surface area is 145 Å². The van der Waals surface area contributed by atoms with E-state index in [1.54, 1.807) is 24.3 Å². The van der Waals surface area contributed by atoms with Crippen molar-refractivity contribution in [3.05, 3.63) is 47.5 Å². The highest BCUT2D eigenvalue weighted by atomic mass is 32.2. The first-order valence-corrected chi connectivity index (χ1v) is 8.83. The van der Waals surface area contributed by atoms with Crippen molar-refractivity contribution >= 4 is 15.9 Å². The van der Waals surface area contributed by atoms with E-state index in [9.17, 15) is 13.2 Å². The van der Waals surface area contributed by atoms with Crippen molar-refractivity contribution in [2.24, 2.45) is 0 Å². The summed E-state index contributed by atoms with van der Waals surface area (Å²) in [4.78, 5) is 12.4. The van der Waals surface area contributed by atoms with Crippen LogP contribution < -0.4 is 14.2 Å². The summed E-state index contributed by atoms with van der Waals surface area (Å²) in [7, 11) is -0.141. The molecule has 3 rings (SSSR count). The Morgan fingerprint density at radius 1 is 0.920 bits per heavy atom. The highest BCUT2D eigenvalue weighted by Crippen LogP contribution is 2.43. The fourth-order valence-electron chi connectivity index (χ4n) is 2.82. The van der Waals surface area contributed by atoms with E-state index in [1.807, 2.05) is 0 Å². The smallest absolute Gasteiger partial charge is 0.274 e. The van der Waals surface area contributed by atoms with Crippen molar-refractivity contribution in [1.29, 1.82) is 0 Å². The predicted octanol–water partition coefficient (Wildman–Crippen LogP) is 2.06. The maximum Gasteiger partial charge on any atom is 0.274 e. The van der Waals surface area contributed by atoms with Crippen molar-refractivity contribution in [2.75, 3.05) is 21.3 Å². The molecule has 0 saturated heterocycles. The molecular weight excluding hydrogens is 346 g/mol. The molecule has 0 bridgehead atoms. The number of benzene rings is 2. The molecular formula is C17H17NO6S. The van der Waals surface area contributed by atoms with Crippen molar-refractivity contribution < 1.29 is 27.4 Å². The van der Waals surface area contributed by atoms with Crippen LogP contribution in [0.3, 0.4) is 0 Å². The van der Waals surface area contributed by atoms with Crippen LogP contribution in [-0.2, 0) is 16.6 Å². The van der Waals surface area contributed by atoms with Crippen molar-refractivity contribution in [3.63, 3.8) is 0 Å². The summed E-state index contributed by atoms with van der Waals surface area (Å²) in [6, 6.07) is 9.78. The van der Waals surface area contributed by atoms with E-state index < -0.39 is 15.9 Å². The lowest BCUT2D eigenvalue weighted by atomic mass is 10.1. The molecule has 0 unspecified atom stereocenters. The average Bonchev–Trinajstić information content (AvgIpc) is 2.98. The van der Waals surface area contributed by atoms with E-state index in [0.29, 0.717) is 11.1 Å². The second-order valence-corrected chi connectivity index (χ2v) is 7.11. The number of methoxy groups -OCH3 is 3. The first-order valence-electron chi connectivity index (χ1n) is 7.39. The number of amides is 1. The molecule has 0 N–H and O–H groups in total. The number of nitrogens with zero attached hydrogens (tertiary/aromatic N) is 1. The Kier molecular flexibility index (Phi) is 4.30. The van der Waals surface area contributed by atoms with Crippen LogP contribution in [0.2, 0.25) is 0 Å². The van der Waals surface area contributed by atoms with Crippen LogP contribution in [0.5, 0.6) is 17.2 Å². The van der Waals surface area contributed by atoms with Gasteiger partial charge in [-0.3, -0.25) is 4.79 Å². The van der Waals surface area contributed by atoms with E-state index >= 15 is 0 Å². The first-order chi connectivity index (χ1) is 12.0. The zero-order valence-corrected chi connectivity index (χ0v) is 14.8. The zero-order chi connectivity index (χ0) is 18.2. The van der Waals surface area contributed by atoms with Gasteiger partial charge in [0, 0.05) is 5.56 Å². The number of carbonyl (C=O) groups excluding carboxylic acids is 1. The molecule has 0 atom stereocenters. The molecule has 0 radical (unpaired) electrons. The van der Waals surface area contributed by atoms with Gasteiger partial charge < -0.3 is 14.2 Å².